The van der Waals surface area contributed by atoms with Gasteiger partial charge in [0.1, 0.15) is 5.75 Å². The van der Waals surface area contributed by atoms with Crippen molar-refractivity contribution in [2.75, 3.05) is 7.11 Å². The van der Waals surface area contributed by atoms with E-state index in [0.29, 0.717) is 0 Å². The fourth-order valence-corrected chi connectivity index (χ4v) is 1.53. The molecular weight excluding hydrogens is 206 g/mol. The second-order valence-corrected chi connectivity index (χ2v) is 3.67. The topological polar surface area (TPSA) is 72.5 Å². The summed E-state index contributed by atoms with van der Waals surface area (Å²) >= 11 is 0. The number of hydrogen-bond acceptors (Lipinski definition) is 3. The Balaban J connectivity index is 2.97. The van der Waals surface area contributed by atoms with Crippen molar-refractivity contribution < 1.29 is 14.6 Å². The summed E-state index contributed by atoms with van der Waals surface area (Å²) in [6, 6.07) is 5.15. The van der Waals surface area contributed by atoms with E-state index in [2.05, 4.69) is 0 Å². The Hall–Kier alpha value is -1.55. The minimum absolute atomic E-state index is 0.0731. The van der Waals surface area contributed by atoms with E-state index in [1.807, 2.05) is 19.1 Å². The third-order valence-corrected chi connectivity index (χ3v) is 2.46. The first kappa shape index (κ1) is 12.5. The molecule has 0 aliphatic rings. The van der Waals surface area contributed by atoms with Crippen LogP contribution in [0.25, 0.3) is 0 Å². The largest absolute Gasteiger partial charge is 0.497 e. The van der Waals surface area contributed by atoms with Gasteiger partial charge in [0.25, 0.3) is 0 Å². The number of benzene rings is 1. The molecule has 16 heavy (non-hydrogen) atoms. The van der Waals surface area contributed by atoms with Crippen LogP contribution in [0.1, 0.15) is 30.5 Å². The molecule has 3 N–H and O–H groups in total. The third-order valence-electron chi connectivity index (χ3n) is 2.46. The molecule has 0 unspecified atom stereocenters. The molecule has 1 aromatic rings. The number of hydrogen-bond donors (Lipinski definition) is 2. The molecule has 88 valence electrons. The molecule has 0 saturated carbocycles. The smallest absolute Gasteiger partial charge is 0.305 e. The first-order valence-corrected chi connectivity index (χ1v) is 5.22. The summed E-state index contributed by atoms with van der Waals surface area (Å²) in [4.78, 5) is 10.6. The highest BCUT2D eigenvalue weighted by Crippen LogP contribution is 2.22. The van der Waals surface area contributed by atoms with Crippen LogP contribution in [0.4, 0.5) is 0 Å². The summed E-state index contributed by atoms with van der Waals surface area (Å²) in [7, 11) is 1.58. The van der Waals surface area contributed by atoms with Gasteiger partial charge in [0.05, 0.1) is 13.5 Å². The van der Waals surface area contributed by atoms with Crippen molar-refractivity contribution in [3.63, 3.8) is 0 Å². The summed E-state index contributed by atoms with van der Waals surface area (Å²) < 4.78 is 5.15. The number of carbonyl (C=O) groups is 1. The van der Waals surface area contributed by atoms with E-state index in [4.69, 9.17) is 15.6 Å². The van der Waals surface area contributed by atoms with E-state index in [-0.39, 0.29) is 6.42 Å². The third kappa shape index (κ3) is 3.24. The summed E-state index contributed by atoms with van der Waals surface area (Å²) in [6.45, 7) is 2.03. The van der Waals surface area contributed by atoms with Crippen LogP contribution >= 0.6 is 0 Å². The fourth-order valence-electron chi connectivity index (χ4n) is 1.53. The maximum Gasteiger partial charge on any atom is 0.305 e. The molecule has 4 heteroatoms. The van der Waals surface area contributed by atoms with Gasteiger partial charge in [-0.1, -0.05) is 13.0 Å². The minimum Gasteiger partial charge on any atom is -0.497 e. The van der Waals surface area contributed by atoms with Crippen LogP contribution in [-0.4, -0.2) is 18.2 Å². The van der Waals surface area contributed by atoms with Crippen LogP contribution in [0.5, 0.6) is 5.75 Å². The lowest BCUT2D eigenvalue weighted by atomic mass is 10.0. The van der Waals surface area contributed by atoms with Gasteiger partial charge in [0.2, 0.25) is 0 Å². The predicted octanol–water partition coefficient (Wildman–Crippen LogP) is 1.73. The quantitative estimate of drug-likeness (QED) is 0.797. The van der Waals surface area contributed by atoms with Gasteiger partial charge >= 0.3 is 5.97 Å². The van der Waals surface area contributed by atoms with Crippen LogP contribution in [0, 0.1) is 0 Å². The Kier molecular flexibility index (Phi) is 4.31. The summed E-state index contributed by atoms with van der Waals surface area (Å²) in [6.07, 6.45) is 0.792. The van der Waals surface area contributed by atoms with Crippen LogP contribution in [-0.2, 0) is 11.2 Å². The highest BCUT2D eigenvalue weighted by Gasteiger charge is 2.12. The van der Waals surface area contributed by atoms with Crippen molar-refractivity contribution in [3.8, 4) is 5.75 Å². The lowest BCUT2D eigenvalue weighted by Gasteiger charge is -2.12. The Morgan fingerprint density at radius 3 is 2.69 bits per heavy atom. The van der Waals surface area contributed by atoms with Gasteiger partial charge in [-0.3, -0.25) is 4.79 Å². The molecule has 1 atom stereocenters. The summed E-state index contributed by atoms with van der Waals surface area (Å²) in [5.41, 5.74) is 7.70. The molecule has 0 spiro atoms. The van der Waals surface area contributed by atoms with E-state index in [1.54, 1.807) is 13.2 Å². The van der Waals surface area contributed by atoms with Gasteiger partial charge in [-0.15, -0.1) is 0 Å². The maximum absolute atomic E-state index is 10.6. The van der Waals surface area contributed by atoms with Crippen molar-refractivity contribution in [1.29, 1.82) is 0 Å². The monoisotopic (exact) mass is 223 g/mol. The van der Waals surface area contributed by atoms with E-state index in [9.17, 15) is 4.79 Å². The zero-order chi connectivity index (χ0) is 12.1. The molecule has 4 nitrogen and oxygen atoms in total. The van der Waals surface area contributed by atoms with Crippen molar-refractivity contribution in [2.45, 2.75) is 25.8 Å². The molecule has 1 rings (SSSR count). The number of methoxy groups -OCH3 is 1. The van der Waals surface area contributed by atoms with E-state index in [0.717, 1.165) is 23.3 Å². The van der Waals surface area contributed by atoms with E-state index < -0.39 is 12.0 Å². The average molecular weight is 223 g/mol. The second-order valence-electron chi connectivity index (χ2n) is 3.67. The highest BCUT2D eigenvalue weighted by atomic mass is 16.5. The number of aryl methyl sites for hydroxylation is 1. The van der Waals surface area contributed by atoms with Crippen LogP contribution in [0.15, 0.2) is 18.2 Å². The molecular formula is C12H17NO3. The van der Waals surface area contributed by atoms with Gasteiger partial charge < -0.3 is 15.6 Å². The van der Waals surface area contributed by atoms with Crippen molar-refractivity contribution >= 4 is 5.97 Å². The maximum atomic E-state index is 10.6. The van der Waals surface area contributed by atoms with Crippen LogP contribution in [0.2, 0.25) is 0 Å². The van der Waals surface area contributed by atoms with Gasteiger partial charge in [-0.2, -0.15) is 0 Å². The molecule has 0 bridgehead atoms. The average Bonchev–Trinajstić information content (AvgIpc) is 2.27. The van der Waals surface area contributed by atoms with Gasteiger partial charge in [0, 0.05) is 6.04 Å². The first-order valence-electron chi connectivity index (χ1n) is 5.22. The molecule has 0 aliphatic heterocycles. The Labute approximate surface area is 95.0 Å². The number of ether oxygens (including phenoxy) is 1. The van der Waals surface area contributed by atoms with Gasteiger partial charge in [-0.25, -0.2) is 0 Å². The van der Waals surface area contributed by atoms with Crippen molar-refractivity contribution in [1.82, 2.24) is 0 Å². The molecule has 0 fully saturated rings. The fraction of sp³-hybridized carbons (Fsp3) is 0.417. The molecule has 1 aromatic carbocycles. The Bertz CT molecular complexity index is 354. The number of carboxylic acid groups (broad SMARTS) is 1. The van der Waals surface area contributed by atoms with Crippen molar-refractivity contribution in [2.24, 2.45) is 5.73 Å². The van der Waals surface area contributed by atoms with E-state index >= 15 is 0 Å². The number of aliphatic carboxylic acids is 1. The molecule has 0 aromatic heterocycles. The first-order chi connectivity index (χ1) is 7.56. The summed E-state index contributed by atoms with van der Waals surface area (Å²) in [5, 5.41) is 8.69. The number of rotatable bonds is 5. The SMILES string of the molecule is CCc1cc(OC)cc([C@@H](N)CC(=O)O)c1. The molecule has 0 heterocycles. The normalized spacial score (nSPS) is 12.2. The summed E-state index contributed by atoms with van der Waals surface area (Å²) in [5.74, 6) is -0.177. The molecule has 0 amide bonds. The van der Waals surface area contributed by atoms with Gasteiger partial charge in [-0.05, 0) is 29.7 Å². The highest BCUT2D eigenvalue weighted by molar-refractivity contribution is 5.68. The molecule has 0 saturated heterocycles. The molecule has 0 radical (unpaired) electrons. The zero-order valence-corrected chi connectivity index (χ0v) is 9.56. The van der Waals surface area contributed by atoms with Crippen molar-refractivity contribution in [3.05, 3.63) is 29.3 Å². The Morgan fingerprint density at radius 2 is 2.19 bits per heavy atom. The minimum atomic E-state index is -0.895. The lowest BCUT2D eigenvalue weighted by molar-refractivity contribution is -0.137. The number of carboxylic acids is 1. The molecule has 0 aliphatic carbocycles. The van der Waals surface area contributed by atoms with Gasteiger partial charge in [0.15, 0.2) is 0 Å². The predicted molar refractivity (Wildman–Crippen MR) is 61.6 cm³/mol. The zero-order valence-electron chi connectivity index (χ0n) is 9.56. The Morgan fingerprint density at radius 1 is 1.50 bits per heavy atom. The van der Waals surface area contributed by atoms with Crippen LogP contribution < -0.4 is 10.5 Å². The lowest BCUT2D eigenvalue weighted by Crippen LogP contribution is -2.15. The number of nitrogens with two attached hydrogens (primary N) is 1. The second kappa shape index (κ2) is 5.51. The van der Waals surface area contributed by atoms with E-state index in [1.165, 1.54) is 0 Å². The standard InChI is InChI=1S/C12H17NO3/c1-3-8-4-9(6-10(5-8)16-2)11(13)7-12(14)15/h4-6,11H,3,7,13H2,1-2H3,(H,14,15)/t11-/m0/s1. The van der Waals surface area contributed by atoms with Crippen LogP contribution in [0.3, 0.4) is 0 Å².